The molecular formula is C28H24F9N5O. The molecule has 4 aromatic rings. The number of benzene rings is 3. The Morgan fingerprint density at radius 1 is 0.744 bits per heavy atom. The Hall–Kier alpha value is -4.30. The second kappa shape index (κ2) is 11.4. The molecule has 0 spiro atoms. The maximum atomic E-state index is 13.8. The number of rotatable bonds is 7. The van der Waals surface area contributed by atoms with E-state index in [-0.39, 0.29) is 17.6 Å². The third-order valence-electron chi connectivity index (χ3n) is 6.61. The molecule has 6 nitrogen and oxygen atoms in total. The lowest BCUT2D eigenvalue weighted by molar-refractivity contribution is -0.143. The van der Waals surface area contributed by atoms with Crippen molar-refractivity contribution in [1.82, 2.24) is 20.2 Å². The normalized spacial score (nSPS) is 12.5. The Bertz CT molecular complexity index is 1570. The van der Waals surface area contributed by atoms with Gasteiger partial charge in [-0.05, 0) is 94.9 Å². The second-order valence-corrected chi connectivity index (χ2v) is 9.85. The third-order valence-corrected chi connectivity index (χ3v) is 6.61. The zero-order chi connectivity index (χ0) is 31.9. The molecule has 0 fully saturated rings. The highest BCUT2D eigenvalue weighted by molar-refractivity contribution is 5.75. The Kier molecular flexibility index (Phi) is 8.40. The first-order valence-corrected chi connectivity index (χ1v) is 12.5. The molecule has 0 amide bonds. The fraction of sp³-hybridized carbons (Fsp3) is 0.321. The van der Waals surface area contributed by atoms with Crippen LogP contribution in [-0.4, -0.2) is 27.3 Å². The van der Waals surface area contributed by atoms with Gasteiger partial charge in [0.05, 0.1) is 30.8 Å². The number of anilines is 1. The van der Waals surface area contributed by atoms with Crippen LogP contribution in [0.1, 0.15) is 38.9 Å². The maximum Gasteiger partial charge on any atom is 0.416 e. The molecule has 1 aromatic heterocycles. The standard InChI is InChI=1S/C28H24F9N5O/c1-15-7-22(43-4)8-16(2)24(15)23-6-5-19(26(29,30)31)11-18(23)14-42(25-38-40-41(3)39-25)13-17-9-20(27(32,33)34)12-21(10-17)28(35,36)37/h5-12H,13-14H2,1-4H3. The molecule has 0 aliphatic heterocycles. The molecule has 0 unspecified atom stereocenters. The topological polar surface area (TPSA) is 56.1 Å². The van der Waals surface area contributed by atoms with Crippen molar-refractivity contribution < 1.29 is 44.3 Å². The molecule has 3 aromatic carbocycles. The Morgan fingerprint density at radius 3 is 1.77 bits per heavy atom. The quantitative estimate of drug-likeness (QED) is 0.199. The summed E-state index contributed by atoms with van der Waals surface area (Å²) in [5.74, 6) is 0.294. The first-order valence-electron chi connectivity index (χ1n) is 12.5. The van der Waals surface area contributed by atoms with Crippen LogP contribution < -0.4 is 9.64 Å². The van der Waals surface area contributed by atoms with Crippen molar-refractivity contribution in [3.8, 4) is 16.9 Å². The van der Waals surface area contributed by atoms with E-state index >= 15 is 0 Å². The number of methoxy groups -OCH3 is 1. The van der Waals surface area contributed by atoms with E-state index in [1.807, 2.05) is 0 Å². The molecule has 0 saturated carbocycles. The van der Waals surface area contributed by atoms with Gasteiger partial charge in [-0.3, -0.25) is 0 Å². The number of tetrazole rings is 1. The average molecular weight is 618 g/mol. The number of alkyl halides is 9. The minimum atomic E-state index is -5.09. The summed E-state index contributed by atoms with van der Waals surface area (Å²) in [6.07, 6.45) is -14.9. The molecule has 0 N–H and O–H groups in total. The predicted molar refractivity (Wildman–Crippen MR) is 138 cm³/mol. The van der Waals surface area contributed by atoms with Crippen LogP contribution in [0.4, 0.5) is 45.5 Å². The fourth-order valence-electron chi connectivity index (χ4n) is 4.75. The number of ether oxygens (including phenoxy) is 1. The third kappa shape index (κ3) is 7.20. The molecule has 0 aliphatic carbocycles. The molecule has 0 atom stereocenters. The van der Waals surface area contributed by atoms with E-state index in [0.717, 1.165) is 21.8 Å². The van der Waals surface area contributed by atoms with Crippen LogP contribution >= 0.6 is 0 Å². The lowest BCUT2D eigenvalue weighted by Gasteiger charge is -2.25. The van der Waals surface area contributed by atoms with Crippen molar-refractivity contribution in [2.24, 2.45) is 7.05 Å². The SMILES string of the molecule is COc1cc(C)c(-c2ccc(C(F)(F)F)cc2CN(Cc2cc(C(F)(F)F)cc(C(F)(F)F)c2)c2nnn(C)n2)c(C)c1. The summed E-state index contributed by atoms with van der Waals surface area (Å²) >= 11 is 0. The van der Waals surface area contributed by atoms with Crippen LogP contribution in [0.15, 0.2) is 48.5 Å². The highest BCUT2D eigenvalue weighted by Crippen LogP contribution is 2.39. The van der Waals surface area contributed by atoms with Crippen LogP contribution in [0.2, 0.25) is 0 Å². The number of aromatic nitrogens is 4. The van der Waals surface area contributed by atoms with Crippen molar-refractivity contribution >= 4 is 5.95 Å². The zero-order valence-electron chi connectivity index (χ0n) is 23.1. The van der Waals surface area contributed by atoms with Gasteiger partial charge < -0.3 is 9.64 Å². The predicted octanol–water partition coefficient (Wildman–Crippen LogP) is 7.77. The summed E-state index contributed by atoms with van der Waals surface area (Å²) in [6.45, 7) is 2.42. The van der Waals surface area contributed by atoms with Gasteiger partial charge in [-0.15, -0.1) is 5.10 Å². The Balaban J connectivity index is 1.89. The molecule has 0 radical (unpaired) electrons. The van der Waals surface area contributed by atoms with Crippen molar-refractivity contribution in [3.05, 3.63) is 87.5 Å². The van der Waals surface area contributed by atoms with Crippen LogP contribution in [0.5, 0.6) is 5.75 Å². The van der Waals surface area contributed by atoms with E-state index < -0.39 is 53.9 Å². The van der Waals surface area contributed by atoms with Gasteiger partial charge in [0.25, 0.3) is 5.95 Å². The molecule has 43 heavy (non-hydrogen) atoms. The van der Waals surface area contributed by atoms with Gasteiger partial charge in [0.15, 0.2) is 0 Å². The fourth-order valence-corrected chi connectivity index (χ4v) is 4.75. The van der Waals surface area contributed by atoms with Crippen molar-refractivity contribution in [3.63, 3.8) is 0 Å². The molecule has 0 saturated heterocycles. The van der Waals surface area contributed by atoms with Gasteiger partial charge in [0.1, 0.15) is 5.75 Å². The molecular weight excluding hydrogens is 593 g/mol. The molecule has 4 rings (SSSR count). The van der Waals surface area contributed by atoms with Gasteiger partial charge in [0, 0.05) is 13.1 Å². The lowest BCUT2D eigenvalue weighted by Crippen LogP contribution is -2.25. The average Bonchev–Trinajstić information content (AvgIpc) is 3.33. The monoisotopic (exact) mass is 617 g/mol. The largest absolute Gasteiger partial charge is 0.497 e. The highest BCUT2D eigenvalue weighted by Gasteiger charge is 2.37. The molecule has 0 aliphatic rings. The summed E-state index contributed by atoms with van der Waals surface area (Å²) in [5.41, 5.74) is -2.15. The Morgan fingerprint density at radius 2 is 1.30 bits per heavy atom. The number of aryl methyl sites for hydroxylation is 3. The van der Waals surface area contributed by atoms with Crippen molar-refractivity contribution in [2.45, 2.75) is 45.5 Å². The maximum absolute atomic E-state index is 13.8. The number of nitrogens with zero attached hydrogens (tertiary/aromatic N) is 5. The minimum absolute atomic E-state index is 0.00540. The lowest BCUT2D eigenvalue weighted by atomic mass is 9.90. The first kappa shape index (κ1) is 31.6. The number of hydrogen-bond donors (Lipinski definition) is 0. The van der Waals surface area contributed by atoms with Gasteiger partial charge >= 0.3 is 18.5 Å². The Labute approximate surface area is 239 Å². The van der Waals surface area contributed by atoms with Crippen molar-refractivity contribution in [1.29, 1.82) is 0 Å². The minimum Gasteiger partial charge on any atom is -0.497 e. The van der Waals surface area contributed by atoms with Crippen LogP contribution in [-0.2, 0) is 38.7 Å². The van der Waals surface area contributed by atoms with E-state index in [1.54, 1.807) is 26.0 Å². The van der Waals surface area contributed by atoms with E-state index in [9.17, 15) is 39.5 Å². The smallest absolute Gasteiger partial charge is 0.416 e. The van der Waals surface area contributed by atoms with Gasteiger partial charge in [-0.25, -0.2) is 0 Å². The van der Waals surface area contributed by atoms with E-state index in [4.69, 9.17) is 4.74 Å². The number of hydrogen-bond acceptors (Lipinski definition) is 5. The van der Waals surface area contributed by atoms with Crippen LogP contribution in [0.3, 0.4) is 0 Å². The second-order valence-electron chi connectivity index (χ2n) is 9.85. The van der Waals surface area contributed by atoms with E-state index in [2.05, 4.69) is 15.4 Å². The van der Waals surface area contributed by atoms with Gasteiger partial charge in [0.2, 0.25) is 0 Å². The van der Waals surface area contributed by atoms with Crippen LogP contribution in [0.25, 0.3) is 11.1 Å². The summed E-state index contributed by atoms with van der Waals surface area (Å²) in [4.78, 5) is 2.16. The molecule has 15 heteroatoms. The summed E-state index contributed by atoms with van der Waals surface area (Å²) in [6, 6.07) is 7.51. The molecule has 0 bridgehead atoms. The van der Waals surface area contributed by atoms with E-state index in [0.29, 0.717) is 40.1 Å². The highest BCUT2D eigenvalue weighted by atomic mass is 19.4. The molecule has 230 valence electrons. The number of halogens is 9. The first-order chi connectivity index (χ1) is 19.9. The summed E-state index contributed by atoms with van der Waals surface area (Å²) in [5, 5.41) is 11.5. The molecule has 1 heterocycles. The summed E-state index contributed by atoms with van der Waals surface area (Å²) in [7, 11) is 2.84. The van der Waals surface area contributed by atoms with Gasteiger partial charge in [-0.1, -0.05) is 11.2 Å². The van der Waals surface area contributed by atoms with Crippen LogP contribution in [0, 0.1) is 13.8 Å². The zero-order valence-corrected chi connectivity index (χ0v) is 23.1. The van der Waals surface area contributed by atoms with Gasteiger partial charge in [-0.2, -0.15) is 44.3 Å². The van der Waals surface area contributed by atoms with Crippen molar-refractivity contribution in [2.75, 3.05) is 12.0 Å². The van der Waals surface area contributed by atoms with E-state index in [1.165, 1.54) is 20.2 Å². The summed E-state index contributed by atoms with van der Waals surface area (Å²) < 4.78 is 128.